The number of nitrogens with zero attached hydrogens (tertiary/aromatic N) is 5. The summed E-state index contributed by atoms with van der Waals surface area (Å²) >= 11 is 0. The molecule has 2 aromatic heterocycles. The lowest BCUT2D eigenvalue weighted by molar-refractivity contribution is 0.245. The van der Waals surface area contributed by atoms with E-state index in [2.05, 4.69) is 39.7 Å². The van der Waals surface area contributed by atoms with Gasteiger partial charge in [0, 0.05) is 25.1 Å². The highest BCUT2D eigenvalue weighted by molar-refractivity contribution is 5.89. The molecule has 8 heteroatoms. The van der Waals surface area contributed by atoms with Crippen molar-refractivity contribution in [2.45, 2.75) is 26.3 Å². The molecule has 0 radical (unpaired) electrons. The van der Waals surface area contributed by atoms with Crippen LogP contribution >= 0.6 is 0 Å². The minimum absolute atomic E-state index is 0.203. The van der Waals surface area contributed by atoms with Gasteiger partial charge < -0.3 is 10.6 Å². The number of anilines is 1. The van der Waals surface area contributed by atoms with Crippen molar-refractivity contribution >= 4 is 11.7 Å². The van der Waals surface area contributed by atoms with Crippen molar-refractivity contribution < 1.29 is 4.79 Å². The highest BCUT2D eigenvalue weighted by atomic mass is 16.2. The third-order valence-electron chi connectivity index (χ3n) is 3.96. The lowest BCUT2D eigenvalue weighted by atomic mass is 10.0. The van der Waals surface area contributed by atoms with E-state index in [1.54, 1.807) is 15.6 Å². The minimum Gasteiger partial charge on any atom is -0.328 e. The number of urea groups is 1. The van der Waals surface area contributed by atoms with Crippen LogP contribution in [0.15, 0.2) is 49.1 Å². The molecule has 2 N–H and O–H groups in total. The molecule has 0 saturated carbocycles. The van der Waals surface area contributed by atoms with Gasteiger partial charge in [0.2, 0.25) is 0 Å². The molecule has 3 rings (SSSR count). The number of hydrogen-bond acceptors (Lipinski definition) is 4. The third-order valence-corrected chi connectivity index (χ3v) is 3.96. The zero-order valence-corrected chi connectivity index (χ0v) is 15.1. The van der Waals surface area contributed by atoms with Crippen LogP contribution in [0.2, 0.25) is 0 Å². The van der Waals surface area contributed by atoms with Gasteiger partial charge in [0.1, 0.15) is 12.2 Å². The molecule has 0 aliphatic carbocycles. The Balaban J connectivity index is 1.65. The van der Waals surface area contributed by atoms with Gasteiger partial charge in [-0.15, -0.1) is 0 Å². The van der Waals surface area contributed by atoms with Gasteiger partial charge >= 0.3 is 6.03 Å². The van der Waals surface area contributed by atoms with E-state index in [-0.39, 0.29) is 12.1 Å². The molecule has 0 bridgehead atoms. The van der Waals surface area contributed by atoms with Crippen LogP contribution in [-0.4, -0.2) is 30.6 Å². The first-order chi connectivity index (χ1) is 12.5. The van der Waals surface area contributed by atoms with Crippen molar-refractivity contribution in [3.8, 4) is 5.69 Å². The first-order valence-electron chi connectivity index (χ1n) is 8.54. The summed E-state index contributed by atoms with van der Waals surface area (Å²) in [5.41, 5.74) is 1.64. The summed E-state index contributed by atoms with van der Waals surface area (Å²) < 4.78 is 3.45. The minimum atomic E-state index is -0.273. The first kappa shape index (κ1) is 17.7. The quantitative estimate of drug-likeness (QED) is 0.713. The summed E-state index contributed by atoms with van der Waals surface area (Å²) in [7, 11) is 1.82. The second-order valence-electron chi connectivity index (χ2n) is 6.52. The van der Waals surface area contributed by atoms with Gasteiger partial charge in [-0.25, -0.2) is 14.5 Å². The molecule has 0 aliphatic rings. The highest BCUT2D eigenvalue weighted by Gasteiger charge is 2.20. The number of benzene rings is 1. The zero-order valence-electron chi connectivity index (χ0n) is 15.1. The Morgan fingerprint density at radius 1 is 1.19 bits per heavy atom. The number of aryl methyl sites for hydroxylation is 1. The van der Waals surface area contributed by atoms with E-state index in [0.29, 0.717) is 11.6 Å². The van der Waals surface area contributed by atoms with E-state index < -0.39 is 0 Å². The maximum absolute atomic E-state index is 12.4. The predicted octanol–water partition coefficient (Wildman–Crippen LogP) is 2.91. The summed E-state index contributed by atoms with van der Waals surface area (Å²) in [6.45, 7) is 4.22. The lowest BCUT2D eigenvalue weighted by Gasteiger charge is -2.20. The highest BCUT2D eigenvalue weighted by Crippen LogP contribution is 2.19. The van der Waals surface area contributed by atoms with Crippen LogP contribution in [0.3, 0.4) is 0 Å². The van der Waals surface area contributed by atoms with Gasteiger partial charge in [-0.3, -0.25) is 4.68 Å². The Hall–Kier alpha value is -3.16. The van der Waals surface area contributed by atoms with Crippen molar-refractivity contribution in [1.82, 2.24) is 29.9 Å². The standard InChI is InChI=1S/C18H23N7O/c1-13(2)11-16(17-19-12-21-24(17)3)23-18(26)22-14-5-7-15(8-6-14)25-10-4-9-20-25/h4-10,12-13,16H,11H2,1-3H3,(H2,22,23,26). The monoisotopic (exact) mass is 353 g/mol. The first-order valence-corrected chi connectivity index (χ1v) is 8.54. The van der Waals surface area contributed by atoms with Crippen LogP contribution in [0, 0.1) is 5.92 Å². The van der Waals surface area contributed by atoms with Crippen molar-refractivity contribution in [2.24, 2.45) is 13.0 Å². The molecule has 26 heavy (non-hydrogen) atoms. The van der Waals surface area contributed by atoms with Gasteiger partial charge in [0.15, 0.2) is 0 Å². The maximum atomic E-state index is 12.4. The number of rotatable bonds is 6. The second kappa shape index (κ2) is 7.81. The Labute approximate surface area is 152 Å². The fourth-order valence-electron chi connectivity index (χ4n) is 2.77. The van der Waals surface area contributed by atoms with Crippen LogP contribution in [0.1, 0.15) is 32.1 Å². The predicted molar refractivity (Wildman–Crippen MR) is 98.9 cm³/mol. The number of aromatic nitrogens is 5. The van der Waals surface area contributed by atoms with E-state index in [4.69, 9.17) is 0 Å². The molecule has 3 aromatic rings. The lowest BCUT2D eigenvalue weighted by Crippen LogP contribution is -2.34. The zero-order chi connectivity index (χ0) is 18.5. The topological polar surface area (TPSA) is 89.7 Å². The molecule has 1 aromatic carbocycles. The maximum Gasteiger partial charge on any atom is 0.319 e. The Morgan fingerprint density at radius 2 is 1.96 bits per heavy atom. The molecule has 136 valence electrons. The van der Waals surface area contributed by atoms with Gasteiger partial charge in [-0.2, -0.15) is 10.2 Å². The smallest absolute Gasteiger partial charge is 0.319 e. The van der Waals surface area contributed by atoms with E-state index in [0.717, 1.165) is 17.9 Å². The number of carbonyl (C=O) groups is 1. The molecule has 2 amide bonds. The largest absolute Gasteiger partial charge is 0.328 e. The summed E-state index contributed by atoms with van der Waals surface area (Å²) in [5, 5.41) is 14.1. The number of amides is 2. The van der Waals surface area contributed by atoms with Crippen molar-refractivity contribution in [3.63, 3.8) is 0 Å². The molecule has 0 saturated heterocycles. The number of nitrogens with one attached hydrogen (secondary N) is 2. The summed E-state index contributed by atoms with van der Waals surface area (Å²) in [6.07, 6.45) is 5.86. The van der Waals surface area contributed by atoms with E-state index in [9.17, 15) is 4.79 Å². The van der Waals surface area contributed by atoms with E-state index in [1.807, 2.05) is 43.6 Å². The van der Waals surface area contributed by atoms with Crippen molar-refractivity contribution in [3.05, 3.63) is 54.9 Å². The average Bonchev–Trinajstić information content (AvgIpc) is 3.26. The molecule has 0 spiro atoms. The molecule has 1 atom stereocenters. The Bertz CT molecular complexity index is 837. The third kappa shape index (κ3) is 4.27. The van der Waals surface area contributed by atoms with Crippen LogP contribution in [-0.2, 0) is 7.05 Å². The van der Waals surface area contributed by atoms with Gasteiger partial charge in [0.05, 0.1) is 11.7 Å². The van der Waals surface area contributed by atoms with Gasteiger partial charge in [-0.1, -0.05) is 13.8 Å². The molecule has 0 aliphatic heterocycles. The SMILES string of the molecule is CC(C)CC(NC(=O)Nc1ccc(-n2cccn2)cc1)c1ncnn1C. The molecule has 1 unspecified atom stereocenters. The fraction of sp³-hybridized carbons (Fsp3) is 0.333. The number of hydrogen-bond donors (Lipinski definition) is 2. The second-order valence-corrected chi connectivity index (χ2v) is 6.52. The summed E-state index contributed by atoms with van der Waals surface area (Å²) in [4.78, 5) is 16.7. The molecule has 2 heterocycles. The molecule has 8 nitrogen and oxygen atoms in total. The Morgan fingerprint density at radius 3 is 2.54 bits per heavy atom. The van der Waals surface area contributed by atoms with Gasteiger partial charge in [0.25, 0.3) is 0 Å². The molecular weight excluding hydrogens is 330 g/mol. The van der Waals surface area contributed by atoms with E-state index in [1.165, 1.54) is 6.33 Å². The molecular formula is C18H23N7O. The van der Waals surface area contributed by atoms with Crippen LogP contribution in [0.25, 0.3) is 5.69 Å². The normalized spacial score (nSPS) is 12.2. The Kier molecular flexibility index (Phi) is 5.31. The number of carbonyl (C=O) groups excluding carboxylic acids is 1. The van der Waals surface area contributed by atoms with Crippen LogP contribution in [0.5, 0.6) is 0 Å². The summed E-state index contributed by atoms with van der Waals surface area (Å²) in [6, 6.07) is 8.87. The van der Waals surface area contributed by atoms with Gasteiger partial charge in [-0.05, 0) is 42.7 Å². The summed E-state index contributed by atoms with van der Waals surface area (Å²) in [5.74, 6) is 1.15. The van der Waals surface area contributed by atoms with Crippen molar-refractivity contribution in [1.29, 1.82) is 0 Å². The van der Waals surface area contributed by atoms with E-state index >= 15 is 0 Å². The van der Waals surface area contributed by atoms with Crippen LogP contribution in [0.4, 0.5) is 10.5 Å². The van der Waals surface area contributed by atoms with Crippen molar-refractivity contribution in [2.75, 3.05) is 5.32 Å². The van der Waals surface area contributed by atoms with Crippen LogP contribution < -0.4 is 10.6 Å². The fourth-order valence-corrected chi connectivity index (χ4v) is 2.77. The average molecular weight is 353 g/mol. The molecule has 0 fully saturated rings.